The van der Waals surface area contributed by atoms with Gasteiger partial charge in [0.1, 0.15) is 0 Å². The van der Waals surface area contributed by atoms with E-state index >= 15 is 0 Å². The van der Waals surface area contributed by atoms with E-state index in [0.717, 1.165) is 0 Å². The van der Waals surface area contributed by atoms with Crippen LogP contribution in [0.3, 0.4) is 0 Å². The summed E-state index contributed by atoms with van der Waals surface area (Å²) in [5.74, 6) is 0.0847. The second kappa shape index (κ2) is 5.29. The van der Waals surface area contributed by atoms with E-state index in [0.29, 0.717) is 5.69 Å². The van der Waals surface area contributed by atoms with Gasteiger partial charge in [-0.3, -0.25) is 0 Å². The average Bonchev–Trinajstić information content (AvgIpc) is 2.18. The molecule has 0 aliphatic carbocycles. The predicted molar refractivity (Wildman–Crippen MR) is 56.4 cm³/mol. The highest BCUT2D eigenvalue weighted by atomic mass is 19.3. The van der Waals surface area contributed by atoms with Crippen molar-refractivity contribution in [2.45, 2.75) is 6.43 Å². The Labute approximate surface area is 87.2 Å². The van der Waals surface area contributed by atoms with Crippen molar-refractivity contribution in [1.82, 2.24) is 4.90 Å². The number of halogens is 2. The van der Waals surface area contributed by atoms with Gasteiger partial charge in [0.2, 0.25) is 0 Å². The Kier molecular flexibility index (Phi) is 4.03. The highest BCUT2D eigenvalue weighted by Gasteiger charge is 2.09. The number of nitrogens with two attached hydrogens (primary N) is 1. The molecule has 0 amide bonds. The standard InChI is InChI=1S/C10H13F2N3/c1-15(7-9(11)12)10(13)14-8-5-3-2-4-6-8/h2-6,9H,7H2,1H3,(H2,13,14). The van der Waals surface area contributed by atoms with Crippen molar-refractivity contribution in [3.8, 4) is 0 Å². The molecular formula is C10H13F2N3. The maximum atomic E-state index is 12.0. The van der Waals surface area contributed by atoms with E-state index < -0.39 is 13.0 Å². The number of aliphatic imine (C=N–C) groups is 1. The Bertz CT molecular complexity index is 325. The molecule has 1 aromatic carbocycles. The summed E-state index contributed by atoms with van der Waals surface area (Å²) in [6.07, 6.45) is -2.42. The van der Waals surface area contributed by atoms with Crippen LogP contribution in [-0.2, 0) is 0 Å². The summed E-state index contributed by atoms with van der Waals surface area (Å²) < 4.78 is 24.1. The lowest BCUT2D eigenvalue weighted by Gasteiger charge is -2.16. The maximum Gasteiger partial charge on any atom is 0.255 e. The van der Waals surface area contributed by atoms with Crippen LogP contribution in [0.25, 0.3) is 0 Å². The Hall–Kier alpha value is -1.65. The summed E-state index contributed by atoms with van der Waals surface area (Å²) in [4.78, 5) is 5.22. The lowest BCUT2D eigenvalue weighted by molar-refractivity contribution is 0.123. The van der Waals surface area contributed by atoms with Gasteiger partial charge in [-0.15, -0.1) is 0 Å². The number of hydrogen-bond donors (Lipinski definition) is 1. The first-order valence-corrected chi connectivity index (χ1v) is 4.48. The summed E-state index contributed by atoms with van der Waals surface area (Å²) >= 11 is 0. The van der Waals surface area contributed by atoms with E-state index in [4.69, 9.17) is 5.73 Å². The fraction of sp³-hybridized carbons (Fsp3) is 0.300. The van der Waals surface area contributed by atoms with Crippen LogP contribution in [0.4, 0.5) is 14.5 Å². The van der Waals surface area contributed by atoms with Crippen LogP contribution in [-0.4, -0.2) is 30.9 Å². The van der Waals surface area contributed by atoms with Gasteiger partial charge in [-0.1, -0.05) is 18.2 Å². The minimum atomic E-state index is -2.42. The molecule has 3 nitrogen and oxygen atoms in total. The molecule has 2 N–H and O–H groups in total. The van der Waals surface area contributed by atoms with Crippen molar-refractivity contribution < 1.29 is 8.78 Å². The van der Waals surface area contributed by atoms with Gasteiger partial charge >= 0.3 is 0 Å². The van der Waals surface area contributed by atoms with Gasteiger partial charge < -0.3 is 10.6 Å². The second-order valence-corrected chi connectivity index (χ2v) is 3.08. The minimum Gasteiger partial charge on any atom is -0.369 e. The van der Waals surface area contributed by atoms with E-state index in [-0.39, 0.29) is 5.96 Å². The number of hydrogen-bond acceptors (Lipinski definition) is 1. The van der Waals surface area contributed by atoms with Crippen LogP contribution >= 0.6 is 0 Å². The molecule has 0 spiro atoms. The zero-order chi connectivity index (χ0) is 11.3. The summed E-state index contributed by atoms with van der Waals surface area (Å²) in [5.41, 5.74) is 6.19. The Morgan fingerprint density at radius 3 is 2.53 bits per heavy atom. The first-order chi connectivity index (χ1) is 7.09. The van der Waals surface area contributed by atoms with Crippen molar-refractivity contribution in [2.75, 3.05) is 13.6 Å². The average molecular weight is 213 g/mol. The molecule has 0 fully saturated rings. The van der Waals surface area contributed by atoms with E-state index in [1.54, 1.807) is 24.3 Å². The molecule has 0 aromatic heterocycles. The molecule has 0 bridgehead atoms. The highest BCUT2D eigenvalue weighted by Crippen LogP contribution is 2.09. The summed E-state index contributed by atoms with van der Waals surface area (Å²) in [5, 5.41) is 0. The smallest absolute Gasteiger partial charge is 0.255 e. The van der Waals surface area contributed by atoms with Crippen molar-refractivity contribution in [1.29, 1.82) is 0 Å². The number of para-hydroxylation sites is 1. The number of rotatable bonds is 3. The molecule has 1 rings (SSSR count). The molecule has 5 heteroatoms. The third-order valence-corrected chi connectivity index (χ3v) is 1.80. The normalized spacial score (nSPS) is 11.9. The number of guanidine groups is 1. The zero-order valence-corrected chi connectivity index (χ0v) is 8.40. The van der Waals surface area contributed by atoms with E-state index in [1.165, 1.54) is 11.9 Å². The van der Waals surface area contributed by atoms with Gasteiger partial charge in [0.05, 0.1) is 12.2 Å². The molecule has 82 valence electrons. The zero-order valence-electron chi connectivity index (χ0n) is 8.40. The van der Waals surface area contributed by atoms with Crippen molar-refractivity contribution in [3.63, 3.8) is 0 Å². The van der Waals surface area contributed by atoms with Gasteiger partial charge in [-0.2, -0.15) is 0 Å². The molecule has 0 heterocycles. The van der Waals surface area contributed by atoms with Crippen LogP contribution in [0, 0.1) is 0 Å². The first-order valence-electron chi connectivity index (χ1n) is 4.48. The summed E-state index contributed by atoms with van der Waals surface area (Å²) in [6, 6.07) is 8.96. The van der Waals surface area contributed by atoms with Gasteiger partial charge in [-0.05, 0) is 12.1 Å². The molecule has 0 atom stereocenters. The quantitative estimate of drug-likeness (QED) is 0.614. The van der Waals surface area contributed by atoms with Gasteiger partial charge in [0.15, 0.2) is 5.96 Å². The SMILES string of the molecule is CN(CC(F)F)C(N)=Nc1ccccc1. The molecule has 0 radical (unpaired) electrons. The number of nitrogens with zero attached hydrogens (tertiary/aromatic N) is 2. The van der Waals surface area contributed by atoms with E-state index in [9.17, 15) is 8.78 Å². The summed E-state index contributed by atoms with van der Waals surface area (Å²) in [6.45, 7) is -0.415. The summed E-state index contributed by atoms with van der Waals surface area (Å²) in [7, 11) is 1.48. The second-order valence-electron chi connectivity index (χ2n) is 3.08. The van der Waals surface area contributed by atoms with Crippen LogP contribution < -0.4 is 5.73 Å². The van der Waals surface area contributed by atoms with Crippen LogP contribution in [0.5, 0.6) is 0 Å². The molecule has 1 aromatic rings. The van der Waals surface area contributed by atoms with Crippen LogP contribution in [0.15, 0.2) is 35.3 Å². The molecule has 0 aliphatic rings. The Morgan fingerprint density at radius 1 is 1.40 bits per heavy atom. The third-order valence-electron chi connectivity index (χ3n) is 1.80. The molecule has 0 saturated carbocycles. The van der Waals surface area contributed by atoms with E-state index in [1.807, 2.05) is 6.07 Å². The van der Waals surface area contributed by atoms with E-state index in [2.05, 4.69) is 4.99 Å². The monoisotopic (exact) mass is 213 g/mol. The predicted octanol–water partition coefficient (Wildman–Crippen LogP) is 1.83. The van der Waals surface area contributed by atoms with Crippen LogP contribution in [0.1, 0.15) is 0 Å². The Balaban J connectivity index is 2.67. The van der Waals surface area contributed by atoms with Crippen LogP contribution in [0.2, 0.25) is 0 Å². The van der Waals surface area contributed by atoms with Gasteiger partial charge in [0, 0.05) is 7.05 Å². The fourth-order valence-electron chi connectivity index (χ4n) is 1.02. The molecule has 0 unspecified atom stereocenters. The van der Waals surface area contributed by atoms with Gasteiger partial charge in [0.25, 0.3) is 6.43 Å². The Morgan fingerprint density at radius 2 is 2.00 bits per heavy atom. The third kappa shape index (κ3) is 3.93. The van der Waals surface area contributed by atoms with Gasteiger partial charge in [-0.25, -0.2) is 13.8 Å². The molecule has 0 saturated heterocycles. The lowest BCUT2D eigenvalue weighted by atomic mass is 10.3. The number of benzene rings is 1. The highest BCUT2D eigenvalue weighted by molar-refractivity contribution is 5.80. The van der Waals surface area contributed by atoms with Crippen molar-refractivity contribution in [2.24, 2.45) is 10.7 Å². The molecule has 15 heavy (non-hydrogen) atoms. The minimum absolute atomic E-state index is 0.0847. The lowest BCUT2D eigenvalue weighted by Crippen LogP contribution is -2.36. The van der Waals surface area contributed by atoms with Crippen molar-refractivity contribution in [3.05, 3.63) is 30.3 Å². The maximum absolute atomic E-state index is 12.0. The largest absolute Gasteiger partial charge is 0.369 e. The topological polar surface area (TPSA) is 41.6 Å². The fourth-order valence-corrected chi connectivity index (χ4v) is 1.02. The molecule has 0 aliphatic heterocycles. The van der Waals surface area contributed by atoms with Crippen molar-refractivity contribution >= 4 is 11.6 Å². The first kappa shape index (κ1) is 11.4. The molecular weight excluding hydrogens is 200 g/mol. The number of alkyl halides is 2.